The summed E-state index contributed by atoms with van der Waals surface area (Å²) in [5.41, 5.74) is 5.20. The highest BCUT2D eigenvalue weighted by molar-refractivity contribution is 5.47. The molecular formula is C12H14F2N4. The van der Waals surface area contributed by atoms with Crippen molar-refractivity contribution in [2.24, 2.45) is 0 Å². The number of nitrogens with two attached hydrogens (primary N) is 1. The van der Waals surface area contributed by atoms with Gasteiger partial charge in [-0.3, -0.25) is 0 Å². The molecule has 0 saturated heterocycles. The number of hydrogen-bond donors (Lipinski definition) is 1. The molecule has 18 heavy (non-hydrogen) atoms. The van der Waals surface area contributed by atoms with Crippen molar-refractivity contribution in [3.63, 3.8) is 0 Å². The zero-order chi connectivity index (χ0) is 13.3. The van der Waals surface area contributed by atoms with Crippen LogP contribution in [-0.2, 0) is 12.8 Å². The molecule has 0 spiro atoms. The number of anilines is 1. The molecule has 1 heterocycles. The second-order valence-electron chi connectivity index (χ2n) is 3.90. The third-order valence-corrected chi connectivity index (χ3v) is 2.60. The topological polar surface area (TPSA) is 56.7 Å². The highest BCUT2D eigenvalue weighted by Gasteiger charge is 2.17. The molecule has 2 aromatic rings. The first-order valence-electron chi connectivity index (χ1n) is 5.76. The van der Waals surface area contributed by atoms with Crippen LogP contribution in [-0.4, -0.2) is 14.8 Å². The Morgan fingerprint density at radius 3 is 2.28 bits per heavy atom. The number of aromatic nitrogens is 3. The van der Waals surface area contributed by atoms with Crippen LogP contribution in [0.5, 0.6) is 0 Å². The molecule has 0 atom stereocenters. The van der Waals surface area contributed by atoms with Crippen molar-refractivity contribution >= 4 is 5.69 Å². The van der Waals surface area contributed by atoms with Crippen LogP contribution in [0.1, 0.15) is 25.5 Å². The minimum Gasteiger partial charge on any atom is -0.399 e. The average molecular weight is 252 g/mol. The number of aryl methyl sites for hydroxylation is 2. The summed E-state index contributed by atoms with van der Waals surface area (Å²) in [6.07, 6.45) is 1.15. The lowest BCUT2D eigenvalue weighted by Crippen LogP contribution is -2.08. The predicted octanol–water partition coefficient (Wildman–Crippen LogP) is 2.25. The van der Waals surface area contributed by atoms with Gasteiger partial charge in [0, 0.05) is 18.5 Å². The van der Waals surface area contributed by atoms with Crippen LogP contribution in [0.2, 0.25) is 0 Å². The largest absolute Gasteiger partial charge is 0.399 e. The minimum atomic E-state index is -0.741. The van der Waals surface area contributed by atoms with E-state index in [9.17, 15) is 8.78 Å². The van der Waals surface area contributed by atoms with Gasteiger partial charge in [-0.05, 0) is 12.1 Å². The van der Waals surface area contributed by atoms with Gasteiger partial charge in [-0.1, -0.05) is 13.8 Å². The number of halogens is 2. The van der Waals surface area contributed by atoms with Gasteiger partial charge in [-0.2, -0.15) is 5.10 Å². The normalized spacial score (nSPS) is 10.9. The van der Waals surface area contributed by atoms with Crippen LogP contribution in [0.25, 0.3) is 5.69 Å². The van der Waals surface area contributed by atoms with Crippen molar-refractivity contribution in [1.29, 1.82) is 0 Å². The third-order valence-electron chi connectivity index (χ3n) is 2.60. The summed E-state index contributed by atoms with van der Waals surface area (Å²) in [6.45, 7) is 3.74. The standard InChI is InChI=1S/C12H14F2N4/c1-3-10-16-11(4-2)18(17-10)12-8(13)5-7(15)6-9(12)14/h5-6H,3-4,15H2,1-2H3. The van der Waals surface area contributed by atoms with E-state index < -0.39 is 11.6 Å². The van der Waals surface area contributed by atoms with E-state index in [4.69, 9.17) is 5.73 Å². The summed E-state index contributed by atoms with van der Waals surface area (Å²) in [7, 11) is 0. The Balaban J connectivity index is 2.64. The fourth-order valence-electron chi connectivity index (χ4n) is 1.74. The number of nitrogens with zero attached hydrogens (tertiary/aromatic N) is 3. The van der Waals surface area contributed by atoms with Crippen LogP contribution in [0.3, 0.4) is 0 Å². The summed E-state index contributed by atoms with van der Waals surface area (Å²) in [5, 5.41) is 4.11. The molecule has 0 aliphatic carbocycles. The highest BCUT2D eigenvalue weighted by atomic mass is 19.1. The first-order chi connectivity index (χ1) is 8.56. The van der Waals surface area contributed by atoms with Gasteiger partial charge in [0.25, 0.3) is 0 Å². The molecule has 1 aromatic heterocycles. The van der Waals surface area contributed by atoms with E-state index in [0.717, 1.165) is 12.1 Å². The Morgan fingerprint density at radius 2 is 1.78 bits per heavy atom. The first kappa shape index (κ1) is 12.5. The van der Waals surface area contributed by atoms with Gasteiger partial charge in [-0.15, -0.1) is 0 Å². The Morgan fingerprint density at radius 1 is 1.17 bits per heavy atom. The van der Waals surface area contributed by atoms with E-state index in [0.29, 0.717) is 24.5 Å². The summed E-state index contributed by atoms with van der Waals surface area (Å²) in [6, 6.07) is 2.15. The van der Waals surface area contributed by atoms with Gasteiger partial charge in [0.15, 0.2) is 17.5 Å². The number of nitrogen functional groups attached to an aromatic ring is 1. The lowest BCUT2D eigenvalue weighted by molar-refractivity contribution is 0.555. The SMILES string of the molecule is CCc1nc(CC)n(-c2c(F)cc(N)cc2F)n1. The molecule has 6 heteroatoms. The smallest absolute Gasteiger partial charge is 0.154 e. The molecule has 0 unspecified atom stereocenters. The number of hydrogen-bond acceptors (Lipinski definition) is 3. The van der Waals surface area contributed by atoms with Crippen LogP contribution in [0, 0.1) is 11.6 Å². The Labute approximate surface area is 103 Å². The highest BCUT2D eigenvalue weighted by Crippen LogP contribution is 2.21. The molecule has 0 amide bonds. The van der Waals surface area contributed by atoms with Crippen LogP contribution in [0.15, 0.2) is 12.1 Å². The maximum absolute atomic E-state index is 13.8. The molecule has 4 nitrogen and oxygen atoms in total. The second-order valence-corrected chi connectivity index (χ2v) is 3.90. The molecule has 2 N–H and O–H groups in total. The fourth-order valence-corrected chi connectivity index (χ4v) is 1.74. The number of benzene rings is 1. The molecule has 0 fully saturated rings. The van der Waals surface area contributed by atoms with Crippen LogP contribution >= 0.6 is 0 Å². The van der Waals surface area contributed by atoms with E-state index in [2.05, 4.69) is 10.1 Å². The zero-order valence-electron chi connectivity index (χ0n) is 10.2. The second kappa shape index (κ2) is 4.72. The molecular weight excluding hydrogens is 238 g/mol. The molecule has 0 radical (unpaired) electrons. The number of rotatable bonds is 3. The van der Waals surface area contributed by atoms with Crippen molar-refractivity contribution in [3.05, 3.63) is 35.4 Å². The summed E-state index contributed by atoms with van der Waals surface area (Å²) in [4.78, 5) is 4.22. The average Bonchev–Trinajstić information content (AvgIpc) is 2.71. The van der Waals surface area contributed by atoms with Gasteiger partial charge in [-0.25, -0.2) is 18.4 Å². The molecule has 0 aliphatic rings. The van der Waals surface area contributed by atoms with Crippen molar-refractivity contribution in [1.82, 2.24) is 14.8 Å². The van der Waals surface area contributed by atoms with Crippen LogP contribution < -0.4 is 5.73 Å². The molecule has 2 rings (SSSR count). The van der Waals surface area contributed by atoms with E-state index in [1.807, 2.05) is 13.8 Å². The summed E-state index contributed by atoms with van der Waals surface area (Å²) in [5.74, 6) is -0.401. The molecule has 0 saturated carbocycles. The van der Waals surface area contributed by atoms with E-state index in [1.165, 1.54) is 4.68 Å². The third kappa shape index (κ3) is 2.05. The van der Waals surface area contributed by atoms with E-state index in [1.54, 1.807) is 0 Å². The first-order valence-corrected chi connectivity index (χ1v) is 5.76. The molecule has 0 aliphatic heterocycles. The van der Waals surface area contributed by atoms with Gasteiger partial charge in [0.1, 0.15) is 11.5 Å². The maximum atomic E-state index is 13.8. The predicted molar refractivity (Wildman–Crippen MR) is 64.4 cm³/mol. The van der Waals surface area contributed by atoms with Crippen molar-refractivity contribution in [2.75, 3.05) is 5.73 Å². The molecule has 0 bridgehead atoms. The maximum Gasteiger partial charge on any atom is 0.154 e. The monoisotopic (exact) mass is 252 g/mol. The van der Waals surface area contributed by atoms with E-state index >= 15 is 0 Å². The molecule has 96 valence electrons. The van der Waals surface area contributed by atoms with Gasteiger partial charge >= 0.3 is 0 Å². The van der Waals surface area contributed by atoms with Crippen molar-refractivity contribution in [2.45, 2.75) is 26.7 Å². The summed E-state index contributed by atoms with van der Waals surface area (Å²) >= 11 is 0. The fraction of sp³-hybridized carbons (Fsp3) is 0.333. The van der Waals surface area contributed by atoms with E-state index in [-0.39, 0.29) is 11.4 Å². The Kier molecular flexibility index (Phi) is 3.27. The lowest BCUT2D eigenvalue weighted by Gasteiger charge is -2.08. The van der Waals surface area contributed by atoms with Gasteiger partial charge in [0.2, 0.25) is 0 Å². The summed E-state index contributed by atoms with van der Waals surface area (Å²) < 4.78 is 28.8. The van der Waals surface area contributed by atoms with Crippen molar-refractivity contribution < 1.29 is 8.78 Å². The van der Waals surface area contributed by atoms with Gasteiger partial charge in [0.05, 0.1) is 0 Å². The Bertz CT molecular complexity index is 554. The van der Waals surface area contributed by atoms with Crippen molar-refractivity contribution in [3.8, 4) is 5.69 Å². The zero-order valence-corrected chi connectivity index (χ0v) is 10.2. The molecule has 1 aromatic carbocycles. The Hall–Kier alpha value is -1.98. The quantitative estimate of drug-likeness (QED) is 0.852. The minimum absolute atomic E-state index is 0.0441. The lowest BCUT2D eigenvalue weighted by atomic mass is 10.2. The van der Waals surface area contributed by atoms with Gasteiger partial charge < -0.3 is 5.73 Å². The van der Waals surface area contributed by atoms with Crippen LogP contribution in [0.4, 0.5) is 14.5 Å².